The molecule has 1 aliphatic heterocycles. The van der Waals surface area contributed by atoms with Gasteiger partial charge in [0.2, 0.25) is 0 Å². The van der Waals surface area contributed by atoms with Crippen LogP contribution in [-0.4, -0.2) is 32.0 Å². The van der Waals surface area contributed by atoms with Crippen LogP contribution in [0.5, 0.6) is 17.2 Å². The summed E-state index contributed by atoms with van der Waals surface area (Å²) in [4.78, 5) is 0. The normalized spacial score (nSPS) is 22.0. The highest BCUT2D eigenvalue weighted by Crippen LogP contribution is 2.44. The van der Waals surface area contributed by atoms with E-state index in [1.807, 2.05) is 50.2 Å². The van der Waals surface area contributed by atoms with Crippen LogP contribution in [0.4, 0.5) is 0 Å². The predicted octanol–water partition coefficient (Wildman–Crippen LogP) is 3.58. The van der Waals surface area contributed by atoms with E-state index in [1.165, 1.54) is 0 Å². The van der Waals surface area contributed by atoms with Gasteiger partial charge in [0, 0.05) is 12.2 Å². The summed E-state index contributed by atoms with van der Waals surface area (Å²) in [6, 6.07) is 11.4. The molecule has 0 unspecified atom stereocenters. The van der Waals surface area contributed by atoms with Gasteiger partial charge in [0.25, 0.3) is 0 Å². The molecule has 0 aromatic heterocycles. The Bertz CT molecular complexity index is 743. The Morgan fingerprint density at radius 1 is 1.04 bits per heavy atom. The lowest BCUT2D eigenvalue weighted by atomic mass is 9.91. The number of ether oxygens (including phenoxy) is 4. The number of hydrogen-bond acceptors (Lipinski definition) is 5. The van der Waals surface area contributed by atoms with Crippen LogP contribution < -0.4 is 14.2 Å². The second-order valence-corrected chi connectivity index (χ2v) is 6.06. The highest BCUT2D eigenvalue weighted by Gasteiger charge is 2.39. The molecule has 0 bridgehead atoms. The summed E-state index contributed by atoms with van der Waals surface area (Å²) in [6.45, 7) is 4.44. The summed E-state index contributed by atoms with van der Waals surface area (Å²) < 4.78 is 22.6. The lowest BCUT2D eigenvalue weighted by Crippen LogP contribution is -2.35. The Hall–Kier alpha value is -2.24. The van der Waals surface area contributed by atoms with Gasteiger partial charge in [-0.15, -0.1) is 0 Å². The van der Waals surface area contributed by atoms with Crippen LogP contribution in [0.3, 0.4) is 0 Å². The first kappa shape index (κ1) is 17.6. The summed E-state index contributed by atoms with van der Waals surface area (Å²) in [5.41, 5.74) is 2.79. The molecule has 0 saturated heterocycles. The molecule has 1 N–H and O–H groups in total. The van der Waals surface area contributed by atoms with Crippen LogP contribution >= 0.6 is 0 Å². The molecule has 0 aliphatic carbocycles. The van der Waals surface area contributed by atoms with Crippen molar-refractivity contribution in [2.45, 2.75) is 32.2 Å². The lowest BCUT2D eigenvalue weighted by molar-refractivity contribution is -0.0991. The maximum Gasteiger partial charge on any atom is 0.161 e. The summed E-state index contributed by atoms with van der Waals surface area (Å²) >= 11 is 0. The van der Waals surface area contributed by atoms with E-state index < -0.39 is 18.3 Å². The molecular formula is C20H24O5. The largest absolute Gasteiger partial charge is 0.493 e. The van der Waals surface area contributed by atoms with Gasteiger partial charge in [-0.3, -0.25) is 0 Å². The molecule has 0 fully saturated rings. The molecular weight excluding hydrogens is 320 g/mol. The third kappa shape index (κ3) is 3.30. The fourth-order valence-corrected chi connectivity index (χ4v) is 3.21. The van der Waals surface area contributed by atoms with Crippen LogP contribution in [0.1, 0.15) is 35.8 Å². The first-order chi connectivity index (χ1) is 12.1. The molecule has 1 aliphatic rings. The molecule has 0 radical (unpaired) electrons. The Morgan fingerprint density at radius 3 is 2.48 bits per heavy atom. The molecule has 3 atom stereocenters. The van der Waals surface area contributed by atoms with Crippen molar-refractivity contribution in [1.82, 2.24) is 0 Å². The Labute approximate surface area is 148 Å². The van der Waals surface area contributed by atoms with E-state index in [9.17, 15) is 5.11 Å². The van der Waals surface area contributed by atoms with E-state index in [0.717, 1.165) is 22.4 Å². The topological polar surface area (TPSA) is 57.2 Å². The van der Waals surface area contributed by atoms with Crippen LogP contribution in [0.25, 0.3) is 0 Å². The number of aliphatic hydroxyl groups is 1. The van der Waals surface area contributed by atoms with Crippen molar-refractivity contribution in [1.29, 1.82) is 0 Å². The van der Waals surface area contributed by atoms with E-state index in [-0.39, 0.29) is 0 Å². The number of aryl methyl sites for hydroxylation is 1. The maximum atomic E-state index is 10.9. The SMILES string of the molecule is CCO[C@@H]1c2cc(C)ccc2O[C@@H](c2ccc(OC)c(OC)c2)[C@H]1O. The molecule has 0 amide bonds. The van der Waals surface area contributed by atoms with E-state index in [0.29, 0.717) is 18.1 Å². The molecule has 3 rings (SSSR count). The zero-order chi connectivity index (χ0) is 18.0. The van der Waals surface area contributed by atoms with E-state index >= 15 is 0 Å². The van der Waals surface area contributed by atoms with Crippen molar-refractivity contribution in [2.75, 3.05) is 20.8 Å². The molecule has 2 aromatic rings. The average Bonchev–Trinajstić information content (AvgIpc) is 2.63. The highest BCUT2D eigenvalue weighted by molar-refractivity contribution is 5.46. The summed E-state index contributed by atoms with van der Waals surface area (Å²) in [5.74, 6) is 1.96. The van der Waals surface area contributed by atoms with Gasteiger partial charge in [0.1, 0.15) is 18.0 Å². The van der Waals surface area contributed by atoms with E-state index in [4.69, 9.17) is 18.9 Å². The predicted molar refractivity (Wildman–Crippen MR) is 94.5 cm³/mol. The van der Waals surface area contributed by atoms with Gasteiger partial charge in [-0.2, -0.15) is 0 Å². The summed E-state index contributed by atoms with van der Waals surface area (Å²) in [6.07, 6.45) is -1.81. The minimum Gasteiger partial charge on any atom is -0.493 e. The molecule has 5 nitrogen and oxygen atoms in total. The number of hydrogen-bond donors (Lipinski definition) is 1. The zero-order valence-electron chi connectivity index (χ0n) is 15.0. The van der Waals surface area contributed by atoms with Crippen LogP contribution in [0.2, 0.25) is 0 Å². The van der Waals surface area contributed by atoms with Crippen LogP contribution in [0.15, 0.2) is 36.4 Å². The van der Waals surface area contributed by atoms with Crippen LogP contribution in [0, 0.1) is 6.92 Å². The molecule has 134 valence electrons. The first-order valence-corrected chi connectivity index (χ1v) is 8.37. The quantitative estimate of drug-likeness (QED) is 0.898. The van der Waals surface area contributed by atoms with Crippen molar-refractivity contribution in [3.63, 3.8) is 0 Å². The van der Waals surface area contributed by atoms with Crippen molar-refractivity contribution in [2.24, 2.45) is 0 Å². The smallest absolute Gasteiger partial charge is 0.161 e. The zero-order valence-corrected chi connectivity index (χ0v) is 15.0. The molecule has 1 heterocycles. The fraction of sp³-hybridized carbons (Fsp3) is 0.400. The van der Waals surface area contributed by atoms with Crippen molar-refractivity contribution in [3.05, 3.63) is 53.1 Å². The Balaban J connectivity index is 2.01. The van der Waals surface area contributed by atoms with Gasteiger partial charge in [-0.05, 0) is 43.7 Å². The number of methoxy groups -OCH3 is 2. The lowest BCUT2D eigenvalue weighted by Gasteiger charge is -2.37. The molecule has 0 saturated carbocycles. The van der Waals surface area contributed by atoms with Gasteiger partial charge < -0.3 is 24.1 Å². The van der Waals surface area contributed by atoms with Crippen molar-refractivity contribution >= 4 is 0 Å². The Morgan fingerprint density at radius 2 is 1.80 bits per heavy atom. The van der Waals surface area contributed by atoms with Crippen molar-refractivity contribution < 1.29 is 24.1 Å². The van der Waals surface area contributed by atoms with E-state index in [2.05, 4.69) is 0 Å². The number of aliphatic hydroxyl groups excluding tert-OH is 1. The fourth-order valence-electron chi connectivity index (χ4n) is 3.21. The van der Waals surface area contributed by atoms with E-state index in [1.54, 1.807) is 14.2 Å². The molecule has 25 heavy (non-hydrogen) atoms. The monoisotopic (exact) mass is 344 g/mol. The van der Waals surface area contributed by atoms with Gasteiger partial charge in [-0.25, -0.2) is 0 Å². The Kier molecular flexibility index (Phi) is 5.16. The van der Waals surface area contributed by atoms with Gasteiger partial charge in [0.15, 0.2) is 17.6 Å². The standard InChI is InChI=1S/C20H24O5/c1-5-24-20-14-10-12(2)6-8-15(14)25-19(18(20)21)13-7-9-16(22-3)17(11-13)23-4/h6-11,18-21H,5H2,1-4H3/t18-,19+,20-/m1/s1. The minimum atomic E-state index is -0.827. The highest BCUT2D eigenvalue weighted by atomic mass is 16.5. The average molecular weight is 344 g/mol. The van der Waals surface area contributed by atoms with Crippen LogP contribution in [-0.2, 0) is 4.74 Å². The molecule has 0 spiro atoms. The van der Waals surface area contributed by atoms with Gasteiger partial charge >= 0.3 is 0 Å². The number of fused-ring (bicyclic) bond motifs is 1. The summed E-state index contributed by atoms with van der Waals surface area (Å²) in [5, 5.41) is 10.9. The third-order valence-electron chi connectivity index (χ3n) is 4.43. The summed E-state index contributed by atoms with van der Waals surface area (Å²) in [7, 11) is 3.17. The van der Waals surface area contributed by atoms with Gasteiger partial charge in [0.05, 0.1) is 14.2 Å². The molecule has 5 heteroatoms. The maximum absolute atomic E-state index is 10.9. The second kappa shape index (κ2) is 7.33. The van der Waals surface area contributed by atoms with Crippen molar-refractivity contribution in [3.8, 4) is 17.2 Å². The van der Waals surface area contributed by atoms with Gasteiger partial charge in [-0.1, -0.05) is 17.7 Å². The number of benzene rings is 2. The molecule has 2 aromatic carbocycles. The number of rotatable bonds is 5. The first-order valence-electron chi connectivity index (χ1n) is 8.37. The third-order valence-corrected chi connectivity index (χ3v) is 4.43. The second-order valence-electron chi connectivity index (χ2n) is 6.06. The minimum absolute atomic E-state index is 0.438.